The molecule has 3 aromatic rings. The fourth-order valence-corrected chi connectivity index (χ4v) is 3.17. The Hall–Kier alpha value is -2.53. The Morgan fingerprint density at radius 2 is 1.96 bits per heavy atom. The van der Waals surface area contributed by atoms with E-state index in [1.54, 1.807) is 6.07 Å². The minimum absolute atomic E-state index is 0.278. The average Bonchev–Trinajstić information content (AvgIpc) is 2.61. The highest BCUT2D eigenvalue weighted by Crippen LogP contribution is 2.29. The summed E-state index contributed by atoms with van der Waals surface area (Å²) in [5, 5.41) is 4.24. The molecule has 0 bridgehead atoms. The zero-order valence-electron chi connectivity index (χ0n) is 13.5. The maximum absolute atomic E-state index is 13.7. The minimum atomic E-state index is -0.278. The summed E-state index contributed by atoms with van der Waals surface area (Å²) >= 11 is 0. The fraction of sp³-hybridized carbons (Fsp3) is 0.263. The van der Waals surface area contributed by atoms with Crippen molar-refractivity contribution >= 4 is 16.9 Å². The summed E-state index contributed by atoms with van der Waals surface area (Å²) in [6.07, 6.45) is 0. The molecule has 2 aromatic carbocycles. The van der Waals surface area contributed by atoms with Crippen LogP contribution < -0.4 is 10.2 Å². The summed E-state index contributed by atoms with van der Waals surface area (Å²) in [4.78, 5) is 11.7. The van der Waals surface area contributed by atoms with Gasteiger partial charge < -0.3 is 10.2 Å². The molecule has 1 aromatic heterocycles. The second kappa shape index (κ2) is 6.17. The van der Waals surface area contributed by atoms with Crippen LogP contribution in [-0.4, -0.2) is 35.6 Å². The number of nitrogens with zero attached hydrogens (tertiary/aromatic N) is 3. The highest BCUT2D eigenvalue weighted by molar-refractivity contribution is 5.93. The van der Waals surface area contributed by atoms with Crippen molar-refractivity contribution in [3.63, 3.8) is 0 Å². The molecule has 2 heterocycles. The molecule has 4 nitrogen and oxygen atoms in total. The highest BCUT2D eigenvalue weighted by atomic mass is 19.1. The lowest BCUT2D eigenvalue weighted by Crippen LogP contribution is -2.50. The molecule has 1 aliphatic heterocycles. The second-order valence-electron chi connectivity index (χ2n) is 6.15. The number of aromatic nitrogens is 2. The van der Waals surface area contributed by atoms with Crippen LogP contribution in [0.2, 0.25) is 0 Å². The number of fused-ring (bicyclic) bond motifs is 1. The van der Waals surface area contributed by atoms with E-state index < -0.39 is 0 Å². The van der Waals surface area contributed by atoms with Crippen LogP contribution in [0.25, 0.3) is 22.2 Å². The maximum Gasteiger partial charge on any atom is 0.226 e. The lowest BCUT2D eigenvalue weighted by Gasteiger charge is -2.34. The van der Waals surface area contributed by atoms with Gasteiger partial charge >= 0.3 is 0 Å². The van der Waals surface area contributed by atoms with Gasteiger partial charge in [0.25, 0.3) is 0 Å². The van der Waals surface area contributed by atoms with Gasteiger partial charge in [-0.3, -0.25) is 0 Å². The molecule has 1 saturated heterocycles. The van der Waals surface area contributed by atoms with E-state index in [-0.39, 0.29) is 5.82 Å². The number of anilines is 1. The zero-order chi connectivity index (χ0) is 16.5. The van der Waals surface area contributed by atoms with Crippen LogP contribution in [-0.2, 0) is 0 Å². The Morgan fingerprint density at radius 3 is 2.75 bits per heavy atom. The fourth-order valence-electron chi connectivity index (χ4n) is 3.17. The molecule has 0 aliphatic carbocycles. The second-order valence-corrected chi connectivity index (χ2v) is 6.15. The zero-order valence-corrected chi connectivity index (χ0v) is 13.5. The maximum atomic E-state index is 13.7. The summed E-state index contributed by atoms with van der Waals surface area (Å²) in [5.41, 5.74) is 2.51. The molecule has 1 N–H and O–H groups in total. The van der Waals surface area contributed by atoms with Crippen LogP contribution in [0.4, 0.5) is 10.3 Å². The molecule has 0 amide bonds. The first-order valence-electron chi connectivity index (χ1n) is 8.22. The van der Waals surface area contributed by atoms with Crippen molar-refractivity contribution in [2.24, 2.45) is 0 Å². The van der Waals surface area contributed by atoms with Gasteiger partial charge in [-0.05, 0) is 19.1 Å². The van der Waals surface area contributed by atoms with Gasteiger partial charge in [0.05, 0.1) is 11.2 Å². The number of hydrogen-bond donors (Lipinski definition) is 1. The molecule has 24 heavy (non-hydrogen) atoms. The molecule has 0 unspecified atom stereocenters. The number of piperazine rings is 1. The van der Waals surface area contributed by atoms with Gasteiger partial charge in [0.15, 0.2) is 0 Å². The molecule has 5 heteroatoms. The van der Waals surface area contributed by atoms with Gasteiger partial charge in [-0.25, -0.2) is 14.4 Å². The molecular weight excluding hydrogens is 303 g/mol. The summed E-state index contributed by atoms with van der Waals surface area (Å²) in [6, 6.07) is 15.0. The standard InChI is InChI=1S/C19H19FN4/c1-13-12-21-9-10-24(13)19-22-17-11-15(20)7-8-16(17)18(23-19)14-5-3-2-4-6-14/h2-8,11,13,21H,9-10,12H2,1H3/t13-/m1/s1. The molecule has 1 fully saturated rings. The highest BCUT2D eigenvalue weighted by Gasteiger charge is 2.22. The summed E-state index contributed by atoms with van der Waals surface area (Å²) < 4.78 is 13.7. The monoisotopic (exact) mass is 322 g/mol. The van der Waals surface area contributed by atoms with Crippen LogP contribution in [0.15, 0.2) is 48.5 Å². The SMILES string of the molecule is C[C@@H]1CNCCN1c1nc(-c2ccccc2)c2ccc(F)cc2n1. The molecule has 0 radical (unpaired) electrons. The van der Waals surface area contributed by atoms with E-state index in [4.69, 9.17) is 4.98 Å². The molecular formula is C19H19FN4. The van der Waals surface area contributed by atoms with Crippen molar-refractivity contribution in [1.29, 1.82) is 0 Å². The summed E-state index contributed by atoms with van der Waals surface area (Å²) in [7, 11) is 0. The number of benzene rings is 2. The van der Waals surface area contributed by atoms with E-state index in [9.17, 15) is 4.39 Å². The van der Waals surface area contributed by atoms with E-state index >= 15 is 0 Å². The van der Waals surface area contributed by atoms with Gasteiger partial charge in [0.2, 0.25) is 5.95 Å². The van der Waals surface area contributed by atoms with E-state index in [2.05, 4.69) is 22.1 Å². The van der Waals surface area contributed by atoms with Crippen molar-refractivity contribution < 1.29 is 4.39 Å². The van der Waals surface area contributed by atoms with Crippen LogP contribution in [0, 0.1) is 5.82 Å². The molecule has 4 rings (SSSR count). The molecule has 1 aliphatic rings. The van der Waals surface area contributed by atoms with Crippen LogP contribution >= 0.6 is 0 Å². The van der Waals surface area contributed by atoms with E-state index in [1.165, 1.54) is 12.1 Å². The van der Waals surface area contributed by atoms with Crippen molar-refractivity contribution in [3.8, 4) is 11.3 Å². The Morgan fingerprint density at radius 1 is 1.12 bits per heavy atom. The minimum Gasteiger partial charge on any atom is -0.336 e. The number of nitrogens with one attached hydrogen (secondary N) is 1. The quantitative estimate of drug-likeness (QED) is 0.786. The van der Waals surface area contributed by atoms with Crippen molar-refractivity contribution in [2.45, 2.75) is 13.0 Å². The first kappa shape index (κ1) is 15.0. The van der Waals surface area contributed by atoms with E-state index in [0.717, 1.165) is 36.3 Å². The summed E-state index contributed by atoms with van der Waals surface area (Å²) in [5.74, 6) is 0.389. The third-order valence-corrected chi connectivity index (χ3v) is 4.45. The normalized spacial score (nSPS) is 18.1. The molecule has 122 valence electrons. The van der Waals surface area contributed by atoms with Gasteiger partial charge in [0.1, 0.15) is 5.82 Å². The van der Waals surface area contributed by atoms with Gasteiger partial charge in [0, 0.05) is 42.7 Å². The Bertz CT molecular complexity index is 866. The Labute approximate surface area is 140 Å². The first-order chi connectivity index (χ1) is 11.7. The lowest BCUT2D eigenvalue weighted by molar-refractivity contribution is 0.493. The van der Waals surface area contributed by atoms with Crippen LogP contribution in [0.5, 0.6) is 0 Å². The molecule has 0 spiro atoms. The smallest absolute Gasteiger partial charge is 0.226 e. The predicted molar refractivity (Wildman–Crippen MR) is 94.6 cm³/mol. The van der Waals surface area contributed by atoms with Gasteiger partial charge in [-0.1, -0.05) is 30.3 Å². The van der Waals surface area contributed by atoms with Crippen molar-refractivity contribution in [2.75, 3.05) is 24.5 Å². The third kappa shape index (κ3) is 2.71. The number of rotatable bonds is 2. The summed E-state index contributed by atoms with van der Waals surface area (Å²) in [6.45, 7) is 4.78. The van der Waals surface area contributed by atoms with Crippen LogP contribution in [0.3, 0.4) is 0 Å². The van der Waals surface area contributed by atoms with Gasteiger partial charge in [-0.2, -0.15) is 0 Å². The van der Waals surface area contributed by atoms with Crippen molar-refractivity contribution in [1.82, 2.24) is 15.3 Å². The topological polar surface area (TPSA) is 41.0 Å². The predicted octanol–water partition coefficient (Wildman–Crippen LogP) is 3.23. The lowest BCUT2D eigenvalue weighted by atomic mass is 10.1. The Kier molecular flexibility index (Phi) is 3.86. The molecule has 1 atom stereocenters. The van der Waals surface area contributed by atoms with Crippen LogP contribution in [0.1, 0.15) is 6.92 Å². The number of hydrogen-bond acceptors (Lipinski definition) is 4. The molecule has 0 saturated carbocycles. The van der Waals surface area contributed by atoms with Crippen molar-refractivity contribution in [3.05, 3.63) is 54.3 Å². The van der Waals surface area contributed by atoms with E-state index in [0.29, 0.717) is 17.5 Å². The van der Waals surface area contributed by atoms with E-state index in [1.807, 2.05) is 30.3 Å². The third-order valence-electron chi connectivity index (χ3n) is 4.45. The van der Waals surface area contributed by atoms with Gasteiger partial charge in [-0.15, -0.1) is 0 Å². The average molecular weight is 322 g/mol. The number of halogens is 1. The first-order valence-corrected chi connectivity index (χ1v) is 8.22. The Balaban J connectivity index is 1.92. The largest absolute Gasteiger partial charge is 0.336 e.